The summed E-state index contributed by atoms with van der Waals surface area (Å²) in [4.78, 5) is 15.3. The summed E-state index contributed by atoms with van der Waals surface area (Å²) in [6.07, 6.45) is 1.99. The van der Waals surface area contributed by atoms with Crippen molar-refractivity contribution in [2.45, 2.75) is 20.3 Å². The molecule has 1 aromatic rings. The Morgan fingerprint density at radius 3 is 2.94 bits per heavy atom. The van der Waals surface area contributed by atoms with Crippen LogP contribution in [-0.4, -0.2) is 31.2 Å². The van der Waals surface area contributed by atoms with E-state index in [9.17, 15) is 4.79 Å². The third-order valence-electron chi connectivity index (χ3n) is 2.17. The van der Waals surface area contributed by atoms with Gasteiger partial charge in [0.1, 0.15) is 0 Å². The molecule has 1 rings (SSSR count). The smallest absolute Gasteiger partial charge is 0.307 e. The van der Waals surface area contributed by atoms with Gasteiger partial charge in [0, 0.05) is 12.2 Å². The lowest BCUT2D eigenvalue weighted by Gasteiger charge is -2.11. The van der Waals surface area contributed by atoms with Crippen molar-refractivity contribution in [3.63, 3.8) is 0 Å². The van der Waals surface area contributed by atoms with Crippen LogP contribution >= 0.6 is 0 Å². The standard InChI is InChI=1S/C12H18N2O3/c1-4-17-12(15)5-6-13-10-7-9(2)14-8-11(10)16-3/h7-8H,4-6H2,1-3H3,(H,13,14). The first-order chi connectivity index (χ1) is 8.17. The van der Waals surface area contributed by atoms with Crippen molar-refractivity contribution >= 4 is 11.7 Å². The maximum atomic E-state index is 11.1. The Balaban J connectivity index is 2.50. The predicted octanol–water partition coefficient (Wildman–Crippen LogP) is 1.76. The van der Waals surface area contributed by atoms with E-state index in [4.69, 9.17) is 9.47 Å². The van der Waals surface area contributed by atoms with Crippen LogP contribution < -0.4 is 10.1 Å². The van der Waals surface area contributed by atoms with Crippen molar-refractivity contribution < 1.29 is 14.3 Å². The van der Waals surface area contributed by atoms with Crippen LogP contribution in [0.3, 0.4) is 0 Å². The zero-order valence-corrected chi connectivity index (χ0v) is 10.4. The van der Waals surface area contributed by atoms with E-state index in [1.165, 1.54) is 0 Å². The minimum absolute atomic E-state index is 0.204. The van der Waals surface area contributed by atoms with E-state index in [2.05, 4.69) is 10.3 Å². The Hall–Kier alpha value is -1.78. The van der Waals surface area contributed by atoms with E-state index >= 15 is 0 Å². The van der Waals surface area contributed by atoms with E-state index in [1.807, 2.05) is 13.0 Å². The molecule has 1 aromatic heterocycles. The normalized spacial score (nSPS) is 9.82. The molecule has 94 valence electrons. The zero-order chi connectivity index (χ0) is 12.7. The molecule has 0 aliphatic heterocycles. The van der Waals surface area contributed by atoms with Crippen molar-refractivity contribution in [3.05, 3.63) is 18.0 Å². The van der Waals surface area contributed by atoms with Crippen LogP contribution in [0.5, 0.6) is 5.75 Å². The monoisotopic (exact) mass is 238 g/mol. The molecule has 1 heterocycles. The van der Waals surface area contributed by atoms with Gasteiger partial charge in [0.2, 0.25) is 0 Å². The molecule has 5 heteroatoms. The van der Waals surface area contributed by atoms with Gasteiger partial charge in [0.05, 0.1) is 32.0 Å². The van der Waals surface area contributed by atoms with Gasteiger partial charge >= 0.3 is 5.97 Å². The molecular formula is C12H18N2O3. The highest BCUT2D eigenvalue weighted by molar-refractivity contribution is 5.70. The van der Waals surface area contributed by atoms with E-state index in [-0.39, 0.29) is 5.97 Å². The van der Waals surface area contributed by atoms with Crippen LogP contribution in [0.15, 0.2) is 12.3 Å². The van der Waals surface area contributed by atoms with Gasteiger partial charge in [-0.1, -0.05) is 0 Å². The number of anilines is 1. The lowest BCUT2D eigenvalue weighted by molar-refractivity contribution is -0.142. The fourth-order valence-electron chi connectivity index (χ4n) is 1.38. The molecule has 1 N–H and O–H groups in total. The second-order valence-corrected chi connectivity index (χ2v) is 3.51. The quantitative estimate of drug-likeness (QED) is 0.765. The van der Waals surface area contributed by atoms with E-state index in [0.717, 1.165) is 11.4 Å². The Morgan fingerprint density at radius 1 is 1.53 bits per heavy atom. The maximum absolute atomic E-state index is 11.1. The topological polar surface area (TPSA) is 60.5 Å². The highest BCUT2D eigenvalue weighted by atomic mass is 16.5. The van der Waals surface area contributed by atoms with Gasteiger partial charge in [-0.15, -0.1) is 0 Å². The lowest BCUT2D eigenvalue weighted by atomic mass is 10.3. The molecule has 0 radical (unpaired) electrons. The SMILES string of the molecule is CCOC(=O)CCNc1cc(C)ncc1OC. The number of aromatic nitrogens is 1. The molecule has 0 saturated carbocycles. The molecule has 0 bridgehead atoms. The van der Waals surface area contributed by atoms with Crippen molar-refractivity contribution in [1.29, 1.82) is 0 Å². The molecule has 0 aliphatic rings. The van der Waals surface area contributed by atoms with Crippen LogP contribution in [0.4, 0.5) is 5.69 Å². The van der Waals surface area contributed by atoms with E-state index in [0.29, 0.717) is 25.3 Å². The largest absolute Gasteiger partial charge is 0.493 e. The minimum Gasteiger partial charge on any atom is -0.493 e. The van der Waals surface area contributed by atoms with Gasteiger partial charge in [0.25, 0.3) is 0 Å². The number of methoxy groups -OCH3 is 1. The van der Waals surface area contributed by atoms with Crippen molar-refractivity contribution in [2.24, 2.45) is 0 Å². The van der Waals surface area contributed by atoms with Crippen LogP contribution in [0.2, 0.25) is 0 Å². The number of aryl methyl sites for hydroxylation is 1. The van der Waals surface area contributed by atoms with E-state index < -0.39 is 0 Å². The van der Waals surface area contributed by atoms with Gasteiger partial charge in [-0.3, -0.25) is 9.78 Å². The van der Waals surface area contributed by atoms with Crippen LogP contribution in [-0.2, 0) is 9.53 Å². The average Bonchev–Trinajstić information content (AvgIpc) is 2.30. The molecule has 0 amide bonds. The van der Waals surface area contributed by atoms with Gasteiger partial charge in [-0.2, -0.15) is 0 Å². The predicted molar refractivity (Wildman–Crippen MR) is 65.3 cm³/mol. The number of esters is 1. The fraction of sp³-hybridized carbons (Fsp3) is 0.500. The molecule has 0 atom stereocenters. The lowest BCUT2D eigenvalue weighted by Crippen LogP contribution is -2.12. The zero-order valence-electron chi connectivity index (χ0n) is 10.4. The summed E-state index contributed by atoms with van der Waals surface area (Å²) in [6, 6.07) is 1.88. The number of carbonyl (C=O) groups is 1. The summed E-state index contributed by atoms with van der Waals surface area (Å²) in [7, 11) is 1.59. The van der Waals surface area contributed by atoms with Gasteiger partial charge in [-0.05, 0) is 19.9 Å². The number of hydrogen-bond acceptors (Lipinski definition) is 5. The molecule has 5 nitrogen and oxygen atoms in total. The summed E-state index contributed by atoms with van der Waals surface area (Å²) in [6.45, 7) is 4.62. The molecular weight excluding hydrogens is 220 g/mol. The first-order valence-corrected chi connectivity index (χ1v) is 5.57. The van der Waals surface area contributed by atoms with Gasteiger partial charge in [0.15, 0.2) is 5.75 Å². The number of nitrogens with one attached hydrogen (secondary N) is 1. The second-order valence-electron chi connectivity index (χ2n) is 3.51. The Bertz CT molecular complexity index is 380. The minimum atomic E-state index is -0.204. The molecule has 0 fully saturated rings. The summed E-state index contributed by atoms with van der Waals surface area (Å²) < 4.78 is 10.0. The van der Waals surface area contributed by atoms with Crippen LogP contribution in [0.1, 0.15) is 19.0 Å². The number of carbonyl (C=O) groups excluding carboxylic acids is 1. The highest BCUT2D eigenvalue weighted by Gasteiger charge is 2.05. The summed E-state index contributed by atoms with van der Waals surface area (Å²) in [5.74, 6) is 0.462. The van der Waals surface area contributed by atoms with Crippen molar-refractivity contribution in [2.75, 3.05) is 25.6 Å². The first kappa shape index (κ1) is 13.3. The number of hydrogen-bond donors (Lipinski definition) is 1. The third-order valence-corrected chi connectivity index (χ3v) is 2.17. The number of ether oxygens (including phenoxy) is 2. The average molecular weight is 238 g/mol. The Labute approximate surface area is 101 Å². The summed E-state index contributed by atoms with van der Waals surface area (Å²) in [5, 5.41) is 3.13. The van der Waals surface area contributed by atoms with Crippen LogP contribution in [0.25, 0.3) is 0 Å². The van der Waals surface area contributed by atoms with Crippen LogP contribution in [0, 0.1) is 6.92 Å². The third kappa shape index (κ3) is 4.30. The summed E-state index contributed by atoms with van der Waals surface area (Å²) in [5.41, 5.74) is 1.73. The maximum Gasteiger partial charge on any atom is 0.307 e. The highest BCUT2D eigenvalue weighted by Crippen LogP contribution is 2.23. The summed E-state index contributed by atoms with van der Waals surface area (Å²) >= 11 is 0. The molecule has 0 saturated heterocycles. The molecule has 17 heavy (non-hydrogen) atoms. The van der Waals surface area contributed by atoms with Crippen molar-refractivity contribution in [1.82, 2.24) is 4.98 Å². The Kier molecular flexibility index (Phi) is 5.26. The number of nitrogens with zero attached hydrogens (tertiary/aromatic N) is 1. The second kappa shape index (κ2) is 6.73. The number of pyridine rings is 1. The molecule has 0 aliphatic carbocycles. The first-order valence-electron chi connectivity index (χ1n) is 5.57. The Morgan fingerprint density at radius 2 is 2.29 bits per heavy atom. The molecule has 0 unspecified atom stereocenters. The molecule has 0 aromatic carbocycles. The van der Waals surface area contributed by atoms with Gasteiger partial charge in [-0.25, -0.2) is 0 Å². The van der Waals surface area contributed by atoms with E-state index in [1.54, 1.807) is 20.2 Å². The number of rotatable bonds is 6. The van der Waals surface area contributed by atoms with Crippen molar-refractivity contribution in [3.8, 4) is 5.75 Å². The molecule has 0 spiro atoms. The van der Waals surface area contributed by atoms with Gasteiger partial charge < -0.3 is 14.8 Å². The fourth-order valence-corrected chi connectivity index (χ4v) is 1.38.